The minimum atomic E-state index is 0.0355. The molecule has 0 radical (unpaired) electrons. The maximum Gasteiger partial charge on any atom is 0.118 e. The maximum absolute atomic E-state index is 6.56. The first-order valence-corrected chi connectivity index (χ1v) is 6.59. The molecule has 0 amide bonds. The van der Waals surface area contributed by atoms with Gasteiger partial charge in [0.25, 0.3) is 0 Å². The molecule has 0 N–H and O–H groups in total. The van der Waals surface area contributed by atoms with Gasteiger partial charge in [0.1, 0.15) is 5.75 Å². The van der Waals surface area contributed by atoms with Crippen molar-refractivity contribution < 1.29 is 9.47 Å². The topological polar surface area (TPSA) is 18.5 Å². The molecule has 3 heteroatoms. The van der Waals surface area contributed by atoms with Crippen molar-refractivity contribution in [2.24, 2.45) is 5.92 Å². The van der Waals surface area contributed by atoms with Gasteiger partial charge in [-0.2, -0.15) is 0 Å². The Morgan fingerprint density at radius 1 is 1.41 bits per heavy atom. The van der Waals surface area contributed by atoms with Crippen LogP contribution in [0.4, 0.5) is 0 Å². The lowest BCUT2D eigenvalue weighted by Gasteiger charge is -2.22. The lowest BCUT2D eigenvalue weighted by atomic mass is 9.91. The molecule has 3 unspecified atom stereocenters. The van der Waals surface area contributed by atoms with E-state index in [2.05, 4.69) is 6.92 Å². The van der Waals surface area contributed by atoms with E-state index < -0.39 is 0 Å². The zero-order chi connectivity index (χ0) is 12.3. The molecule has 0 spiro atoms. The minimum absolute atomic E-state index is 0.0355. The van der Waals surface area contributed by atoms with Crippen LogP contribution in [0.3, 0.4) is 0 Å². The molecule has 1 fully saturated rings. The molecule has 17 heavy (non-hydrogen) atoms. The Labute approximate surface area is 108 Å². The van der Waals surface area contributed by atoms with Crippen molar-refractivity contribution in [3.05, 3.63) is 29.8 Å². The molecule has 3 atom stereocenters. The molecule has 2 nitrogen and oxygen atoms in total. The number of hydrogen-bond donors (Lipinski definition) is 0. The zero-order valence-electron chi connectivity index (χ0n) is 10.4. The van der Waals surface area contributed by atoms with Crippen molar-refractivity contribution in [1.29, 1.82) is 0 Å². The Bertz CT molecular complexity index is 350. The molecule has 1 aromatic rings. The minimum Gasteiger partial charge on any atom is -0.497 e. The van der Waals surface area contributed by atoms with Gasteiger partial charge < -0.3 is 9.47 Å². The summed E-state index contributed by atoms with van der Waals surface area (Å²) < 4.78 is 10.8. The van der Waals surface area contributed by atoms with Crippen molar-refractivity contribution in [3.63, 3.8) is 0 Å². The quantitative estimate of drug-likeness (QED) is 0.761. The fourth-order valence-electron chi connectivity index (χ4n) is 2.46. The summed E-state index contributed by atoms with van der Waals surface area (Å²) in [5, 5.41) is 0.0355. The lowest BCUT2D eigenvalue weighted by Crippen LogP contribution is -2.19. The number of rotatable bonds is 4. The number of alkyl halides is 1. The summed E-state index contributed by atoms with van der Waals surface area (Å²) in [6.45, 7) is 2.99. The average Bonchev–Trinajstić information content (AvgIpc) is 2.86. The molecule has 1 aromatic carbocycles. The molecule has 0 saturated carbocycles. The number of halogens is 1. The third-order valence-electron chi connectivity index (χ3n) is 3.47. The highest BCUT2D eigenvalue weighted by Gasteiger charge is 2.33. The van der Waals surface area contributed by atoms with Crippen LogP contribution in [0.1, 0.15) is 30.7 Å². The van der Waals surface area contributed by atoms with Gasteiger partial charge in [-0.1, -0.05) is 19.1 Å². The highest BCUT2D eigenvalue weighted by atomic mass is 35.5. The molecule has 0 bridgehead atoms. The maximum atomic E-state index is 6.56. The Balaban J connectivity index is 2.10. The third-order valence-corrected chi connectivity index (χ3v) is 4.05. The van der Waals surface area contributed by atoms with E-state index in [0.717, 1.165) is 30.8 Å². The van der Waals surface area contributed by atoms with Crippen molar-refractivity contribution in [3.8, 4) is 5.75 Å². The zero-order valence-corrected chi connectivity index (χ0v) is 11.1. The van der Waals surface area contributed by atoms with Gasteiger partial charge in [-0.3, -0.25) is 0 Å². The predicted octanol–water partition coefficient (Wildman–Crippen LogP) is 3.79. The summed E-state index contributed by atoms with van der Waals surface area (Å²) in [7, 11) is 1.67. The molecule has 94 valence electrons. The van der Waals surface area contributed by atoms with Gasteiger partial charge in [-0.25, -0.2) is 0 Å². The predicted molar refractivity (Wildman–Crippen MR) is 69.7 cm³/mol. The number of methoxy groups -OCH3 is 1. The van der Waals surface area contributed by atoms with Gasteiger partial charge in [0.05, 0.1) is 18.6 Å². The van der Waals surface area contributed by atoms with Gasteiger partial charge >= 0.3 is 0 Å². The number of ether oxygens (including phenoxy) is 2. The largest absolute Gasteiger partial charge is 0.497 e. The highest BCUT2D eigenvalue weighted by Crippen LogP contribution is 2.39. The van der Waals surface area contributed by atoms with Crippen LogP contribution in [-0.4, -0.2) is 19.8 Å². The van der Waals surface area contributed by atoms with E-state index in [-0.39, 0.29) is 5.38 Å². The standard InChI is InChI=1S/C14H19ClO2/c1-3-13-12(8-9-17-13)14(15)10-4-6-11(16-2)7-5-10/h4-7,12-14H,3,8-9H2,1-2H3. The molecule has 1 aliphatic heterocycles. The summed E-state index contributed by atoms with van der Waals surface area (Å²) in [5.74, 6) is 1.29. The van der Waals surface area contributed by atoms with Gasteiger partial charge in [-0.15, -0.1) is 11.6 Å². The lowest BCUT2D eigenvalue weighted by molar-refractivity contribution is 0.0864. The van der Waals surface area contributed by atoms with Gasteiger partial charge in [0.15, 0.2) is 0 Å². The smallest absolute Gasteiger partial charge is 0.118 e. The summed E-state index contributed by atoms with van der Waals surface area (Å²) in [6.07, 6.45) is 2.39. The van der Waals surface area contributed by atoms with E-state index in [9.17, 15) is 0 Å². The SMILES string of the molecule is CCC1OCCC1C(Cl)c1ccc(OC)cc1. The molecule has 1 aliphatic rings. The van der Waals surface area contributed by atoms with Crippen LogP contribution in [0.25, 0.3) is 0 Å². The first-order valence-electron chi connectivity index (χ1n) is 6.16. The van der Waals surface area contributed by atoms with Crippen molar-refractivity contribution in [2.75, 3.05) is 13.7 Å². The average molecular weight is 255 g/mol. The van der Waals surface area contributed by atoms with Crippen molar-refractivity contribution >= 4 is 11.6 Å². The summed E-state index contributed by atoms with van der Waals surface area (Å²) in [5.41, 5.74) is 1.15. The Morgan fingerprint density at radius 2 is 2.12 bits per heavy atom. The first kappa shape index (κ1) is 12.7. The second-order valence-corrected chi connectivity index (χ2v) is 4.92. The summed E-state index contributed by atoms with van der Waals surface area (Å²) in [6, 6.07) is 8.01. The molecule has 1 saturated heterocycles. The van der Waals surface area contributed by atoms with Crippen LogP contribution in [-0.2, 0) is 4.74 Å². The monoisotopic (exact) mass is 254 g/mol. The van der Waals surface area contributed by atoms with Crippen LogP contribution >= 0.6 is 11.6 Å². The highest BCUT2D eigenvalue weighted by molar-refractivity contribution is 6.21. The fourth-order valence-corrected chi connectivity index (χ4v) is 2.89. The molecular formula is C14H19ClO2. The van der Waals surface area contributed by atoms with Crippen LogP contribution in [0, 0.1) is 5.92 Å². The summed E-state index contributed by atoms with van der Waals surface area (Å²) in [4.78, 5) is 0. The van der Waals surface area contributed by atoms with E-state index in [1.165, 1.54) is 0 Å². The van der Waals surface area contributed by atoms with E-state index in [0.29, 0.717) is 12.0 Å². The van der Waals surface area contributed by atoms with Gasteiger partial charge in [-0.05, 0) is 30.5 Å². The van der Waals surface area contributed by atoms with Gasteiger partial charge in [0, 0.05) is 12.5 Å². The molecule has 0 aliphatic carbocycles. The molecule has 0 aromatic heterocycles. The van der Waals surface area contributed by atoms with E-state index in [1.807, 2.05) is 24.3 Å². The van der Waals surface area contributed by atoms with E-state index in [4.69, 9.17) is 21.1 Å². The normalized spacial score (nSPS) is 25.8. The molecule has 1 heterocycles. The van der Waals surface area contributed by atoms with Crippen LogP contribution < -0.4 is 4.74 Å². The van der Waals surface area contributed by atoms with Gasteiger partial charge in [0.2, 0.25) is 0 Å². The van der Waals surface area contributed by atoms with Crippen molar-refractivity contribution in [1.82, 2.24) is 0 Å². The first-order chi connectivity index (χ1) is 8.26. The molecule has 2 rings (SSSR count). The van der Waals surface area contributed by atoms with E-state index >= 15 is 0 Å². The molecular weight excluding hydrogens is 236 g/mol. The van der Waals surface area contributed by atoms with Crippen LogP contribution in [0.2, 0.25) is 0 Å². The Hall–Kier alpha value is -0.730. The Kier molecular flexibility index (Phi) is 4.30. The van der Waals surface area contributed by atoms with E-state index in [1.54, 1.807) is 7.11 Å². The fraction of sp³-hybridized carbons (Fsp3) is 0.571. The second kappa shape index (κ2) is 5.74. The van der Waals surface area contributed by atoms with Crippen molar-refractivity contribution in [2.45, 2.75) is 31.2 Å². The third kappa shape index (κ3) is 2.75. The number of benzene rings is 1. The Morgan fingerprint density at radius 3 is 2.71 bits per heavy atom. The van der Waals surface area contributed by atoms with Crippen LogP contribution in [0.15, 0.2) is 24.3 Å². The second-order valence-electron chi connectivity index (χ2n) is 4.44. The van der Waals surface area contributed by atoms with Crippen LogP contribution in [0.5, 0.6) is 5.75 Å². The summed E-state index contributed by atoms with van der Waals surface area (Å²) >= 11 is 6.56. The number of hydrogen-bond acceptors (Lipinski definition) is 2.